The molecule has 4 heteroatoms. The number of para-hydroxylation sites is 1. The van der Waals surface area contributed by atoms with Crippen LogP contribution in [-0.2, 0) is 7.05 Å². The second kappa shape index (κ2) is 6.98. The van der Waals surface area contributed by atoms with Gasteiger partial charge in [0.25, 0.3) is 0 Å². The zero-order valence-electron chi connectivity index (χ0n) is 15.1. The second-order valence-electron chi connectivity index (χ2n) is 7.47. The minimum atomic E-state index is 0. The Morgan fingerprint density at radius 1 is 0.962 bits per heavy atom. The molecule has 6 rings (SSSR count). The summed E-state index contributed by atoms with van der Waals surface area (Å²) in [5.41, 5.74) is 3.75. The number of nitrogens with zero attached hydrogens (tertiary/aromatic N) is 2. The summed E-state index contributed by atoms with van der Waals surface area (Å²) in [5.74, 6) is 1.74. The van der Waals surface area contributed by atoms with Gasteiger partial charge in [0.1, 0.15) is 11.9 Å². The molecule has 0 aliphatic carbocycles. The van der Waals surface area contributed by atoms with E-state index < -0.39 is 0 Å². The predicted molar refractivity (Wildman–Crippen MR) is 109 cm³/mol. The highest BCUT2D eigenvalue weighted by Crippen LogP contribution is 2.32. The fourth-order valence-electron chi connectivity index (χ4n) is 4.49. The smallest absolute Gasteiger partial charge is 0.119 e. The molecule has 1 atom stereocenters. The molecule has 3 aliphatic heterocycles. The monoisotopic (exact) mass is 368 g/mol. The normalized spacial score (nSPS) is 24.4. The van der Waals surface area contributed by atoms with Crippen molar-refractivity contribution in [2.24, 2.45) is 13.0 Å². The van der Waals surface area contributed by atoms with Crippen molar-refractivity contribution in [3.63, 3.8) is 0 Å². The third-order valence-electron chi connectivity index (χ3n) is 5.99. The van der Waals surface area contributed by atoms with Crippen LogP contribution >= 0.6 is 12.4 Å². The van der Waals surface area contributed by atoms with Crippen molar-refractivity contribution in [3.05, 3.63) is 54.6 Å². The zero-order valence-corrected chi connectivity index (χ0v) is 15.9. The number of aromatic nitrogens is 1. The molecule has 0 saturated carbocycles. The zero-order chi connectivity index (χ0) is 16.8. The number of halogens is 1. The molecule has 0 spiro atoms. The largest absolute Gasteiger partial charge is 0.489 e. The first kappa shape index (κ1) is 17.4. The van der Waals surface area contributed by atoms with E-state index in [-0.39, 0.29) is 12.4 Å². The molecule has 3 aliphatic rings. The van der Waals surface area contributed by atoms with Crippen LogP contribution in [0.5, 0.6) is 5.75 Å². The summed E-state index contributed by atoms with van der Waals surface area (Å²) in [6, 6.07) is 19.4. The lowest BCUT2D eigenvalue weighted by molar-refractivity contribution is -0.00775. The van der Waals surface area contributed by atoms with Gasteiger partial charge in [-0.1, -0.05) is 18.2 Å². The van der Waals surface area contributed by atoms with E-state index in [1.807, 2.05) is 0 Å². The van der Waals surface area contributed by atoms with Crippen molar-refractivity contribution in [1.29, 1.82) is 0 Å². The summed E-state index contributed by atoms with van der Waals surface area (Å²) in [4.78, 5) is 2.54. The first-order valence-electron chi connectivity index (χ1n) is 9.32. The van der Waals surface area contributed by atoms with Crippen LogP contribution in [0.15, 0.2) is 54.6 Å². The third kappa shape index (κ3) is 3.00. The fourth-order valence-corrected chi connectivity index (χ4v) is 4.49. The molecule has 2 aromatic carbocycles. The molecule has 0 N–H and O–H groups in total. The lowest BCUT2D eigenvalue weighted by Gasteiger charge is -2.44. The molecule has 1 unspecified atom stereocenters. The van der Waals surface area contributed by atoms with Crippen LogP contribution in [0, 0.1) is 5.92 Å². The molecular formula is C22H25ClN2O. The number of ether oxygens (including phenoxy) is 1. The molecule has 3 saturated heterocycles. The van der Waals surface area contributed by atoms with Gasteiger partial charge in [-0.3, -0.25) is 4.90 Å². The molecular weight excluding hydrogens is 344 g/mol. The Kier molecular flexibility index (Phi) is 4.68. The maximum absolute atomic E-state index is 6.32. The van der Waals surface area contributed by atoms with Crippen molar-refractivity contribution in [3.8, 4) is 17.0 Å². The minimum absolute atomic E-state index is 0. The maximum atomic E-state index is 6.32. The summed E-state index contributed by atoms with van der Waals surface area (Å²) in [7, 11) is 2.13. The molecule has 3 aromatic rings. The van der Waals surface area contributed by atoms with Gasteiger partial charge in [0.05, 0.1) is 0 Å². The highest BCUT2D eigenvalue weighted by molar-refractivity contribution is 5.87. The average Bonchev–Trinajstić information content (AvgIpc) is 3.01. The number of fused-ring (bicyclic) bond motifs is 4. The molecule has 0 radical (unpaired) electrons. The topological polar surface area (TPSA) is 17.4 Å². The highest BCUT2D eigenvalue weighted by Gasteiger charge is 2.35. The van der Waals surface area contributed by atoms with Gasteiger partial charge in [0.15, 0.2) is 0 Å². The first-order valence-corrected chi connectivity index (χ1v) is 9.32. The van der Waals surface area contributed by atoms with Gasteiger partial charge in [-0.05, 0) is 73.8 Å². The van der Waals surface area contributed by atoms with Gasteiger partial charge in [0.2, 0.25) is 0 Å². The molecule has 4 heterocycles. The van der Waals surface area contributed by atoms with Gasteiger partial charge in [-0.15, -0.1) is 12.4 Å². The van der Waals surface area contributed by atoms with Crippen LogP contribution in [0.2, 0.25) is 0 Å². The molecule has 136 valence electrons. The molecule has 3 fully saturated rings. The van der Waals surface area contributed by atoms with E-state index in [1.54, 1.807) is 0 Å². The van der Waals surface area contributed by atoms with Crippen LogP contribution in [0.25, 0.3) is 22.2 Å². The molecule has 1 aromatic heterocycles. The Bertz CT molecular complexity index is 894. The van der Waals surface area contributed by atoms with E-state index in [0.717, 1.165) is 18.2 Å². The lowest BCUT2D eigenvalue weighted by Crippen LogP contribution is -2.52. The fraction of sp³-hybridized carbons (Fsp3) is 0.364. The number of hydrogen-bond acceptors (Lipinski definition) is 2. The maximum Gasteiger partial charge on any atom is 0.119 e. The number of aryl methyl sites for hydroxylation is 1. The van der Waals surface area contributed by atoms with E-state index in [2.05, 4.69) is 71.1 Å². The van der Waals surface area contributed by atoms with Crippen molar-refractivity contribution in [2.45, 2.75) is 18.9 Å². The average molecular weight is 369 g/mol. The minimum Gasteiger partial charge on any atom is -0.489 e. The van der Waals surface area contributed by atoms with E-state index in [1.165, 1.54) is 48.1 Å². The summed E-state index contributed by atoms with van der Waals surface area (Å²) < 4.78 is 8.58. The standard InChI is InChI=1S/C22H24N2O.ClH/c1-23-20-5-3-2-4-18(20)14-21(23)16-6-8-19(9-7-16)25-22-15-24-12-10-17(22)11-13-24;/h2-9,14,17,22H,10-13,15H2,1H3;1H. The second-order valence-corrected chi connectivity index (χ2v) is 7.47. The van der Waals surface area contributed by atoms with Crippen LogP contribution in [0.1, 0.15) is 12.8 Å². The lowest BCUT2D eigenvalue weighted by atomic mass is 9.86. The van der Waals surface area contributed by atoms with Crippen LogP contribution in [0.4, 0.5) is 0 Å². The Hall–Kier alpha value is -1.97. The molecule has 2 bridgehead atoms. The predicted octanol–water partition coefficient (Wildman–Crippen LogP) is 4.74. The number of hydrogen-bond donors (Lipinski definition) is 0. The summed E-state index contributed by atoms with van der Waals surface area (Å²) in [6.07, 6.45) is 2.95. The van der Waals surface area contributed by atoms with E-state index in [9.17, 15) is 0 Å². The Balaban J connectivity index is 0.00000168. The van der Waals surface area contributed by atoms with Gasteiger partial charge in [-0.2, -0.15) is 0 Å². The number of rotatable bonds is 3. The van der Waals surface area contributed by atoms with Crippen molar-refractivity contribution < 1.29 is 4.74 Å². The van der Waals surface area contributed by atoms with Gasteiger partial charge in [-0.25, -0.2) is 0 Å². The van der Waals surface area contributed by atoms with E-state index >= 15 is 0 Å². The van der Waals surface area contributed by atoms with E-state index in [4.69, 9.17) is 4.74 Å². The van der Waals surface area contributed by atoms with Crippen molar-refractivity contribution in [1.82, 2.24) is 9.47 Å². The van der Waals surface area contributed by atoms with Crippen LogP contribution in [-0.4, -0.2) is 35.2 Å². The van der Waals surface area contributed by atoms with Crippen LogP contribution < -0.4 is 4.74 Å². The van der Waals surface area contributed by atoms with E-state index in [0.29, 0.717) is 6.10 Å². The van der Waals surface area contributed by atoms with Gasteiger partial charge >= 0.3 is 0 Å². The SMILES string of the molecule is Cl.Cn1c(-c2ccc(OC3CN4CCC3CC4)cc2)cc2ccccc21. The Morgan fingerprint density at radius 3 is 2.35 bits per heavy atom. The van der Waals surface area contributed by atoms with Crippen molar-refractivity contribution >= 4 is 23.3 Å². The summed E-state index contributed by atoms with van der Waals surface area (Å²) >= 11 is 0. The quantitative estimate of drug-likeness (QED) is 0.664. The highest BCUT2D eigenvalue weighted by atomic mass is 35.5. The Morgan fingerprint density at radius 2 is 1.69 bits per heavy atom. The molecule has 0 amide bonds. The number of benzene rings is 2. The van der Waals surface area contributed by atoms with Crippen molar-refractivity contribution in [2.75, 3.05) is 19.6 Å². The van der Waals surface area contributed by atoms with Gasteiger partial charge < -0.3 is 9.30 Å². The third-order valence-corrected chi connectivity index (χ3v) is 5.99. The Labute approximate surface area is 161 Å². The summed E-state index contributed by atoms with van der Waals surface area (Å²) in [5, 5.41) is 1.28. The van der Waals surface area contributed by atoms with Gasteiger partial charge in [0, 0.05) is 30.2 Å². The summed E-state index contributed by atoms with van der Waals surface area (Å²) in [6.45, 7) is 3.60. The van der Waals surface area contributed by atoms with Crippen LogP contribution in [0.3, 0.4) is 0 Å². The molecule has 26 heavy (non-hydrogen) atoms. The number of piperidine rings is 3. The first-order chi connectivity index (χ1) is 12.3. The molecule has 3 nitrogen and oxygen atoms in total.